The number of barbiturate groups is 1. The lowest BCUT2D eigenvalue weighted by Gasteiger charge is -2.31. The van der Waals surface area contributed by atoms with Crippen LogP contribution in [0.25, 0.3) is 6.08 Å². The third kappa shape index (κ3) is 3.19. The van der Waals surface area contributed by atoms with Crippen LogP contribution in [0.1, 0.15) is 25.0 Å². The molecule has 0 radical (unpaired) electrons. The topological polar surface area (TPSA) is 74.1 Å². The van der Waals surface area contributed by atoms with E-state index in [1.54, 1.807) is 36.4 Å². The summed E-state index contributed by atoms with van der Waals surface area (Å²) in [5, 5.41) is 0. The number of urea groups is 1. The number of hydrogen-bond donors (Lipinski definition) is 0. The summed E-state index contributed by atoms with van der Waals surface area (Å²) < 4.78 is 5.85. The molecule has 2 fully saturated rings. The number of likely N-dealkylation sites (N-methyl/N-ethyl adjacent to an activating group) is 1. The average molecular weight is 379 g/mol. The Balaban J connectivity index is 1.66. The zero-order valence-electron chi connectivity index (χ0n) is 15.6. The highest BCUT2D eigenvalue weighted by molar-refractivity contribution is 6.38. The minimum atomic E-state index is -0.674. The molecule has 0 saturated carbocycles. The number of hydrogen-bond acceptors (Lipinski definition) is 5. The van der Waals surface area contributed by atoms with Crippen molar-refractivity contribution in [3.05, 3.63) is 53.8 Å². The van der Waals surface area contributed by atoms with E-state index in [9.17, 15) is 14.4 Å². The Morgan fingerprint density at radius 1 is 0.893 bits per heavy atom. The van der Waals surface area contributed by atoms with Crippen molar-refractivity contribution in [1.29, 1.82) is 0 Å². The van der Waals surface area contributed by atoms with Gasteiger partial charge in [0.15, 0.2) is 5.88 Å². The second kappa shape index (κ2) is 7.34. The van der Waals surface area contributed by atoms with Crippen LogP contribution in [0.2, 0.25) is 0 Å². The number of piperidine rings is 1. The van der Waals surface area contributed by atoms with Crippen molar-refractivity contribution in [3.63, 3.8) is 0 Å². The number of amides is 4. The van der Waals surface area contributed by atoms with Crippen LogP contribution in [0.3, 0.4) is 0 Å². The van der Waals surface area contributed by atoms with Gasteiger partial charge in [0.2, 0.25) is 0 Å². The van der Waals surface area contributed by atoms with E-state index in [1.165, 1.54) is 19.5 Å². The number of carbonyl (C=O) groups excluding carboxylic acids is 3. The standard InChI is InChI=1S/C21H21N3O4/c1-22-19(25)17(20(26)24(21(22)27)15-8-4-2-5-9-15)14-16-10-11-18(28-16)23-12-6-3-7-13-23/h2,4-5,8-11,14H,3,6-7,12-13H2,1H3/b17-14+. The fourth-order valence-electron chi connectivity index (χ4n) is 3.49. The van der Waals surface area contributed by atoms with Crippen molar-refractivity contribution in [1.82, 2.24) is 4.90 Å². The summed E-state index contributed by atoms with van der Waals surface area (Å²) in [6.45, 7) is 1.86. The van der Waals surface area contributed by atoms with E-state index in [1.807, 2.05) is 6.07 Å². The summed E-state index contributed by atoms with van der Waals surface area (Å²) in [6.07, 6.45) is 4.86. The van der Waals surface area contributed by atoms with Crippen LogP contribution in [0.4, 0.5) is 16.4 Å². The molecule has 144 valence electrons. The predicted octanol–water partition coefficient (Wildman–Crippen LogP) is 3.28. The molecule has 2 aliphatic heterocycles. The number of carbonyl (C=O) groups is 3. The van der Waals surface area contributed by atoms with E-state index in [0.717, 1.165) is 41.6 Å². The molecule has 0 bridgehead atoms. The van der Waals surface area contributed by atoms with Gasteiger partial charge in [-0.05, 0) is 43.5 Å². The molecule has 7 nitrogen and oxygen atoms in total. The van der Waals surface area contributed by atoms with Gasteiger partial charge < -0.3 is 9.32 Å². The molecular weight excluding hydrogens is 358 g/mol. The quantitative estimate of drug-likeness (QED) is 0.604. The fourth-order valence-corrected chi connectivity index (χ4v) is 3.49. The highest BCUT2D eigenvalue weighted by atomic mass is 16.4. The van der Waals surface area contributed by atoms with E-state index in [4.69, 9.17) is 4.42 Å². The van der Waals surface area contributed by atoms with Gasteiger partial charge in [0.25, 0.3) is 11.8 Å². The third-order valence-corrected chi connectivity index (χ3v) is 5.03. The summed E-state index contributed by atoms with van der Waals surface area (Å²) >= 11 is 0. The molecule has 2 aromatic rings. The zero-order chi connectivity index (χ0) is 19.7. The molecule has 1 aromatic heterocycles. The van der Waals surface area contributed by atoms with E-state index in [2.05, 4.69) is 4.90 Å². The van der Waals surface area contributed by atoms with Crippen LogP contribution in [0.15, 0.2) is 52.5 Å². The zero-order valence-corrected chi connectivity index (χ0v) is 15.6. The molecule has 3 heterocycles. The fraction of sp³-hybridized carbons (Fsp3) is 0.286. The Morgan fingerprint density at radius 3 is 2.32 bits per heavy atom. The van der Waals surface area contributed by atoms with Crippen LogP contribution in [0.5, 0.6) is 0 Å². The number of rotatable bonds is 3. The number of para-hydroxylation sites is 1. The first-order chi connectivity index (χ1) is 13.6. The van der Waals surface area contributed by atoms with Gasteiger partial charge in [0.1, 0.15) is 11.3 Å². The first kappa shape index (κ1) is 18.0. The van der Waals surface area contributed by atoms with Crippen molar-refractivity contribution in [2.45, 2.75) is 19.3 Å². The summed E-state index contributed by atoms with van der Waals surface area (Å²) in [6, 6.07) is 11.5. The van der Waals surface area contributed by atoms with Crippen molar-refractivity contribution in [2.75, 3.05) is 29.9 Å². The second-order valence-corrected chi connectivity index (χ2v) is 6.90. The summed E-state index contributed by atoms with van der Waals surface area (Å²) in [5.41, 5.74) is 0.307. The average Bonchev–Trinajstić information content (AvgIpc) is 3.20. The second-order valence-electron chi connectivity index (χ2n) is 6.90. The first-order valence-corrected chi connectivity index (χ1v) is 9.34. The van der Waals surface area contributed by atoms with Gasteiger partial charge in [-0.3, -0.25) is 14.5 Å². The molecule has 0 atom stereocenters. The maximum Gasteiger partial charge on any atom is 0.338 e. The van der Waals surface area contributed by atoms with Crippen LogP contribution in [0, 0.1) is 0 Å². The molecule has 0 spiro atoms. The lowest BCUT2D eigenvalue weighted by Crippen LogP contribution is -2.55. The summed E-state index contributed by atoms with van der Waals surface area (Å²) in [5.74, 6) is -0.159. The Morgan fingerprint density at radius 2 is 1.61 bits per heavy atom. The molecule has 0 aliphatic carbocycles. The van der Waals surface area contributed by atoms with E-state index in [-0.39, 0.29) is 5.57 Å². The SMILES string of the molecule is CN1C(=O)/C(=C\c2ccc(N3CCCCC3)o2)C(=O)N(c2ccccc2)C1=O. The van der Waals surface area contributed by atoms with E-state index < -0.39 is 17.8 Å². The predicted molar refractivity (Wildman–Crippen MR) is 105 cm³/mol. The minimum absolute atomic E-state index is 0.106. The molecule has 2 aliphatic rings. The number of anilines is 2. The number of furan rings is 1. The molecule has 0 unspecified atom stereocenters. The highest BCUT2D eigenvalue weighted by Crippen LogP contribution is 2.27. The van der Waals surface area contributed by atoms with Gasteiger partial charge in [0, 0.05) is 26.2 Å². The molecule has 2 saturated heterocycles. The molecule has 1 aromatic carbocycles. The number of benzene rings is 1. The van der Waals surface area contributed by atoms with Crippen LogP contribution >= 0.6 is 0 Å². The lowest BCUT2D eigenvalue weighted by molar-refractivity contribution is -0.128. The monoisotopic (exact) mass is 379 g/mol. The van der Waals surface area contributed by atoms with Gasteiger partial charge in [-0.15, -0.1) is 0 Å². The molecule has 4 amide bonds. The normalized spacial score (nSPS) is 19.7. The number of imide groups is 2. The number of nitrogens with zero attached hydrogens (tertiary/aromatic N) is 3. The smallest absolute Gasteiger partial charge is 0.338 e. The summed E-state index contributed by atoms with van der Waals surface area (Å²) in [7, 11) is 1.36. The van der Waals surface area contributed by atoms with Crippen molar-refractivity contribution >= 4 is 35.5 Å². The van der Waals surface area contributed by atoms with E-state index >= 15 is 0 Å². The highest BCUT2D eigenvalue weighted by Gasteiger charge is 2.41. The maximum atomic E-state index is 12.9. The molecule has 0 N–H and O–H groups in total. The summed E-state index contributed by atoms with van der Waals surface area (Å²) in [4.78, 5) is 42.1. The molecular formula is C21H21N3O4. The van der Waals surface area contributed by atoms with Crippen LogP contribution in [-0.2, 0) is 9.59 Å². The van der Waals surface area contributed by atoms with Crippen molar-refractivity contribution in [2.24, 2.45) is 0 Å². The van der Waals surface area contributed by atoms with Gasteiger partial charge >= 0.3 is 6.03 Å². The Labute approximate surface area is 162 Å². The Bertz CT molecular complexity index is 942. The van der Waals surface area contributed by atoms with Crippen LogP contribution in [-0.4, -0.2) is 42.9 Å². The van der Waals surface area contributed by atoms with E-state index in [0.29, 0.717) is 11.4 Å². The lowest BCUT2D eigenvalue weighted by atomic mass is 10.1. The largest absolute Gasteiger partial charge is 0.441 e. The molecule has 7 heteroatoms. The maximum absolute atomic E-state index is 12.9. The first-order valence-electron chi connectivity index (χ1n) is 9.34. The van der Waals surface area contributed by atoms with Gasteiger partial charge in [-0.25, -0.2) is 9.69 Å². The Kier molecular flexibility index (Phi) is 4.73. The van der Waals surface area contributed by atoms with Gasteiger partial charge in [-0.1, -0.05) is 18.2 Å². The Hall–Kier alpha value is -3.35. The molecule has 4 rings (SSSR count). The van der Waals surface area contributed by atoms with Crippen molar-refractivity contribution < 1.29 is 18.8 Å². The van der Waals surface area contributed by atoms with Gasteiger partial charge in [-0.2, -0.15) is 0 Å². The third-order valence-electron chi connectivity index (χ3n) is 5.03. The molecule has 28 heavy (non-hydrogen) atoms. The van der Waals surface area contributed by atoms with Crippen molar-refractivity contribution in [3.8, 4) is 0 Å². The minimum Gasteiger partial charge on any atom is -0.441 e. The van der Waals surface area contributed by atoms with Crippen LogP contribution < -0.4 is 9.80 Å². The van der Waals surface area contributed by atoms with Gasteiger partial charge in [0.05, 0.1) is 5.69 Å².